The van der Waals surface area contributed by atoms with Crippen molar-refractivity contribution in [1.82, 2.24) is 10.2 Å². The molecule has 0 aromatic heterocycles. The van der Waals surface area contributed by atoms with Crippen LogP contribution in [0.25, 0.3) is 0 Å². The van der Waals surface area contributed by atoms with Gasteiger partial charge in [0, 0.05) is 18.6 Å². The van der Waals surface area contributed by atoms with E-state index in [1.54, 1.807) is 4.90 Å². The number of rotatable bonds is 1. The second kappa shape index (κ2) is 4.62. The molecule has 2 fully saturated rings. The maximum absolute atomic E-state index is 12.4. The summed E-state index contributed by atoms with van der Waals surface area (Å²) in [6.45, 7) is 14.8. The Morgan fingerprint density at radius 3 is 1.95 bits per heavy atom. The van der Waals surface area contributed by atoms with Crippen LogP contribution >= 0.6 is 0 Å². The number of carbonyl (C=O) groups excluding carboxylic acids is 2. The van der Waals surface area contributed by atoms with Crippen molar-refractivity contribution in [2.24, 2.45) is 17.3 Å². The minimum Gasteiger partial charge on any atom is -0.444 e. The fourth-order valence-corrected chi connectivity index (χ4v) is 3.17. The number of amides is 2. The SMILES string of the molecule is CC(C)(C)NC(=O)C1(C)C2CN(C(=O)OC(C)(C)C)CC21. The molecule has 1 heterocycles. The first-order valence-corrected chi connectivity index (χ1v) is 7.65. The highest BCUT2D eigenvalue weighted by molar-refractivity contribution is 5.87. The predicted molar refractivity (Wildman–Crippen MR) is 80.8 cm³/mol. The van der Waals surface area contributed by atoms with Gasteiger partial charge >= 0.3 is 6.09 Å². The van der Waals surface area contributed by atoms with Crippen molar-refractivity contribution >= 4 is 12.0 Å². The molecule has 2 aliphatic rings. The van der Waals surface area contributed by atoms with E-state index < -0.39 is 5.60 Å². The van der Waals surface area contributed by atoms with Crippen molar-refractivity contribution in [3.05, 3.63) is 0 Å². The van der Waals surface area contributed by atoms with E-state index >= 15 is 0 Å². The third-order valence-electron chi connectivity index (χ3n) is 4.38. The lowest BCUT2D eigenvalue weighted by Crippen LogP contribution is -2.47. The average Bonchev–Trinajstić information content (AvgIpc) is 2.68. The quantitative estimate of drug-likeness (QED) is 0.808. The van der Waals surface area contributed by atoms with Gasteiger partial charge in [-0.3, -0.25) is 4.79 Å². The molecule has 2 rings (SSSR count). The summed E-state index contributed by atoms with van der Waals surface area (Å²) in [5.74, 6) is 0.619. The van der Waals surface area contributed by atoms with Gasteiger partial charge in [0.2, 0.25) is 5.91 Å². The molecule has 120 valence electrons. The van der Waals surface area contributed by atoms with E-state index in [1.165, 1.54) is 0 Å². The van der Waals surface area contributed by atoms with Gasteiger partial charge < -0.3 is 15.0 Å². The van der Waals surface area contributed by atoms with Crippen LogP contribution in [-0.4, -0.2) is 41.1 Å². The molecule has 0 aromatic carbocycles. The number of hydrogen-bond donors (Lipinski definition) is 1. The Hall–Kier alpha value is -1.26. The molecule has 2 unspecified atom stereocenters. The molecule has 5 heteroatoms. The van der Waals surface area contributed by atoms with E-state index in [2.05, 4.69) is 5.32 Å². The minimum absolute atomic E-state index is 0.105. The lowest BCUT2D eigenvalue weighted by Gasteiger charge is -2.29. The molecule has 1 saturated carbocycles. The lowest BCUT2D eigenvalue weighted by atomic mass is 9.99. The maximum atomic E-state index is 12.4. The summed E-state index contributed by atoms with van der Waals surface area (Å²) in [5.41, 5.74) is -1.02. The van der Waals surface area contributed by atoms with Crippen molar-refractivity contribution in [2.45, 2.75) is 59.6 Å². The number of hydrogen-bond acceptors (Lipinski definition) is 3. The topological polar surface area (TPSA) is 58.6 Å². The molecule has 21 heavy (non-hydrogen) atoms. The van der Waals surface area contributed by atoms with Crippen LogP contribution in [0.15, 0.2) is 0 Å². The van der Waals surface area contributed by atoms with Gasteiger partial charge in [0.1, 0.15) is 5.60 Å². The van der Waals surface area contributed by atoms with Crippen LogP contribution in [0.2, 0.25) is 0 Å². The highest BCUT2D eigenvalue weighted by Gasteiger charge is 2.70. The third-order valence-corrected chi connectivity index (χ3v) is 4.38. The van der Waals surface area contributed by atoms with Crippen molar-refractivity contribution in [2.75, 3.05) is 13.1 Å². The van der Waals surface area contributed by atoms with Gasteiger partial charge in [-0.2, -0.15) is 0 Å². The van der Waals surface area contributed by atoms with E-state index in [-0.39, 0.29) is 34.8 Å². The van der Waals surface area contributed by atoms with Gasteiger partial charge in [-0.25, -0.2) is 4.79 Å². The Balaban J connectivity index is 1.92. The third kappa shape index (κ3) is 3.16. The van der Waals surface area contributed by atoms with Gasteiger partial charge in [-0.15, -0.1) is 0 Å². The van der Waals surface area contributed by atoms with E-state index in [4.69, 9.17) is 4.74 Å². The molecule has 1 N–H and O–H groups in total. The minimum atomic E-state index is -0.475. The molecule has 0 bridgehead atoms. The first-order chi connectivity index (χ1) is 9.34. The van der Waals surface area contributed by atoms with Crippen molar-refractivity contribution in [3.63, 3.8) is 0 Å². The van der Waals surface area contributed by atoms with Crippen LogP contribution in [0.5, 0.6) is 0 Å². The number of piperidine rings is 1. The molecule has 0 spiro atoms. The molecule has 0 aromatic rings. The highest BCUT2D eigenvalue weighted by atomic mass is 16.6. The maximum Gasteiger partial charge on any atom is 0.410 e. The summed E-state index contributed by atoms with van der Waals surface area (Å²) < 4.78 is 5.39. The Labute approximate surface area is 127 Å². The molecular formula is C16H28N2O3. The van der Waals surface area contributed by atoms with Gasteiger partial charge in [0.25, 0.3) is 0 Å². The lowest BCUT2D eigenvalue weighted by molar-refractivity contribution is -0.128. The summed E-state index contributed by atoms with van der Waals surface area (Å²) in [6.07, 6.45) is -0.270. The molecule has 1 aliphatic heterocycles. The molecule has 1 aliphatic carbocycles. The standard InChI is InChI=1S/C16H28N2O3/c1-14(2,3)17-12(19)16(7)10-8-18(9-11(10)16)13(20)21-15(4,5)6/h10-11H,8-9H2,1-7H3,(H,17,19). The molecule has 2 amide bonds. The fraction of sp³-hybridized carbons (Fsp3) is 0.875. The average molecular weight is 296 g/mol. The van der Waals surface area contributed by atoms with E-state index in [0.717, 1.165) is 0 Å². The normalized spacial score (nSPS) is 31.7. The van der Waals surface area contributed by atoms with Gasteiger partial charge in [0.15, 0.2) is 0 Å². The van der Waals surface area contributed by atoms with Crippen molar-refractivity contribution < 1.29 is 14.3 Å². The molecule has 2 atom stereocenters. The number of nitrogens with one attached hydrogen (secondary N) is 1. The van der Waals surface area contributed by atoms with Gasteiger partial charge in [-0.1, -0.05) is 6.92 Å². The van der Waals surface area contributed by atoms with Gasteiger partial charge in [-0.05, 0) is 53.4 Å². The summed E-state index contributed by atoms with van der Waals surface area (Å²) in [4.78, 5) is 26.2. The number of likely N-dealkylation sites (tertiary alicyclic amines) is 1. The fourth-order valence-electron chi connectivity index (χ4n) is 3.17. The predicted octanol–water partition coefficient (Wildman–Crippen LogP) is 2.40. The second-order valence-corrected chi connectivity index (χ2v) is 8.59. The molecule has 1 saturated heterocycles. The summed E-state index contributed by atoms with van der Waals surface area (Å²) in [6, 6.07) is 0. The molecular weight excluding hydrogens is 268 g/mol. The largest absolute Gasteiger partial charge is 0.444 e. The van der Waals surface area contributed by atoms with Crippen molar-refractivity contribution in [3.8, 4) is 0 Å². The van der Waals surface area contributed by atoms with Crippen LogP contribution in [0.1, 0.15) is 48.5 Å². The van der Waals surface area contributed by atoms with E-state index in [1.807, 2.05) is 48.5 Å². The number of nitrogens with zero attached hydrogens (tertiary/aromatic N) is 1. The molecule has 5 nitrogen and oxygen atoms in total. The number of carbonyl (C=O) groups is 2. The monoisotopic (exact) mass is 296 g/mol. The highest BCUT2D eigenvalue weighted by Crippen LogP contribution is 2.62. The smallest absolute Gasteiger partial charge is 0.410 e. The Bertz CT molecular complexity index is 447. The zero-order valence-corrected chi connectivity index (χ0v) is 14.2. The Kier molecular flexibility index (Phi) is 3.54. The van der Waals surface area contributed by atoms with Crippen LogP contribution < -0.4 is 5.32 Å². The summed E-state index contributed by atoms with van der Waals surface area (Å²) in [7, 11) is 0. The zero-order chi connectivity index (χ0) is 16.2. The zero-order valence-electron chi connectivity index (χ0n) is 14.2. The van der Waals surface area contributed by atoms with Crippen LogP contribution in [0, 0.1) is 17.3 Å². The van der Waals surface area contributed by atoms with E-state index in [9.17, 15) is 9.59 Å². The summed E-state index contributed by atoms with van der Waals surface area (Å²) >= 11 is 0. The number of ether oxygens (including phenoxy) is 1. The van der Waals surface area contributed by atoms with Crippen molar-refractivity contribution in [1.29, 1.82) is 0 Å². The van der Waals surface area contributed by atoms with Gasteiger partial charge in [0.05, 0.1) is 5.41 Å². The van der Waals surface area contributed by atoms with Crippen LogP contribution in [0.3, 0.4) is 0 Å². The second-order valence-electron chi connectivity index (χ2n) is 8.59. The first-order valence-electron chi connectivity index (χ1n) is 7.65. The Morgan fingerprint density at radius 1 is 1.10 bits per heavy atom. The molecule has 0 radical (unpaired) electrons. The summed E-state index contributed by atoms with van der Waals surface area (Å²) in [5, 5.41) is 3.06. The Morgan fingerprint density at radius 2 is 1.57 bits per heavy atom. The van der Waals surface area contributed by atoms with E-state index in [0.29, 0.717) is 13.1 Å². The first kappa shape index (κ1) is 16.1. The van der Waals surface area contributed by atoms with Crippen LogP contribution in [-0.2, 0) is 9.53 Å². The number of fused-ring (bicyclic) bond motifs is 1. The van der Waals surface area contributed by atoms with Crippen LogP contribution in [0.4, 0.5) is 4.79 Å².